The number of ether oxygens (including phenoxy) is 1. The SMILES string of the molecule is OB(O)c1cc(F)ccc1OCc1ccncc1. The molecule has 0 aliphatic carbocycles. The first-order valence-electron chi connectivity index (χ1n) is 5.34. The molecule has 6 heteroatoms. The van der Waals surface area contributed by atoms with E-state index in [0.717, 1.165) is 11.6 Å². The van der Waals surface area contributed by atoms with Gasteiger partial charge in [0.1, 0.15) is 18.2 Å². The van der Waals surface area contributed by atoms with E-state index in [0.29, 0.717) is 0 Å². The predicted octanol–water partition coefficient (Wildman–Crippen LogP) is 0.479. The van der Waals surface area contributed by atoms with Gasteiger partial charge in [0.25, 0.3) is 0 Å². The standard InChI is InChI=1S/C12H11BFNO3/c14-10-1-2-12(11(7-10)13(16)17)18-8-9-3-5-15-6-4-9/h1-7,16-17H,8H2. The topological polar surface area (TPSA) is 62.6 Å². The molecule has 0 bridgehead atoms. The van der Waals surface area contributed by atoms with Crippen LogP contribution in [0.25, 0.3) is 0 Å². The number of halogens is 1. The van der Waals surface area contributed by atoms with Gasteiger partial charge in [-0.1, -0.05) is 0 Å². The average Bonchev–Trinajstić information content (AvgIpc) is 2.38. The quantitative estimate of drug-likeness (QED) is 0.771. The smallest absolute Gasteiger partial charge is 0.489 e. The van der Waals surface area contributed by atoms with Crippen molar-refractivity contribution in [1.82, 2.24) is 4.98 Å². The fourth-order valence-corrected chi connectivity index (χ4v) is 1.49. The highest BCUT2D eigenvalue weighted by molar-refractivity contribution is 6.59. The highest BCUT2D eigenvalue weighted by atomic mass is 19.1. The summed E-state index contributed by atoms with van der Waals surface area (Å²) in [6.45, 7) is 0.244. The van der Waals surface area contributed by atoms with Crippen molar-refractivity contribution in [3.05, 3.63) is 54.1 Å². The molecule has 2 aromatic rings. The Bertz CT molecular complexity index is 522. The minimum atomic E-state index is -1.77. The minimum Gasteiger partial charge on any atom is -0.489 e. The summed E-state index contributed by atoms with van der Waals surface area (Å²) in [5.74, 6) is -0.308. The van der Waals surface area contributed by atoms with E-state index in [1.807, 2.05) is 0 Å². The summed E-state index contributed by atoms with van der Waals surface area (Å²) < 4.78 is 18.4. The minimum absolute atomic E-state index is 0.00376. The van der Waals surface area contributed by atoms with E-state index < -0.39 is 12.9 Å². The van der Waals surface area contributed by atoms with Crippen LogP contribution in [0.5, 0.6) is 5.75 Å². The Labute approximate surface area is 104 Å². The molecule has 0 saturated carbocycles. The molecule has 0 spiro atoms. The number of hydrogen-bond acceptors (Lipinski definition) is 4. The van der Waals surface area contributed by atoms with Crippen molar-refractivity contribution in [3.63, 3.8) is 0 Å². The molecule has 1 heterocycles. The molecule has 18 heavy (non-hydrogen) atoms. The maximum atomic E-state index is 13.0. The van der Waals surface area contributed by atoms with E-state index in [1.165, 1.54) is 12.1 Å². The molecular formula is C12H11BFNO3. The Morgan fingerprint density at radius 1 is 1.17 bits per heavy atom. The first kappa shape index (κ1) is 12.5. The van der Waals surface area contributed by atoms with Crippen LogP contribution in [0.4, 0.5) is 4.39 Å². The number of benzene rings is 1. The van der Waals surface area contributed by atoms with Crippen LogP contribution < -0.4 is 10.2 Å². The van der Waals surface area contributed by atoms with E-state index in [1.54, 1.807) is 24.5 Å². The second-order valence-electron chi connectivity index (χ2n) is 3.70. The molecule has 2 N–H and O–H groups in total. The number of aromatic nitrogens is 1. The van der Waals surface area contributed by atoms with Crippen LogP contribution in [-0.2, 0) is 6.61 Å². The predicted molar refractivity (Wildman–Crippen MR) is 64.8 cm³/mol. The van der Waals surface area contributed by atoms with Gasteiger partial charge >= 0.3 is 7.12 Å². The molecule has 0 aliphatic rings. The van der Waals surface area contributed by atoms with Gasteiger partial charge in [-0.15, -0.1) is 0 Å². The zero-order valence-electron chi connectivity index (χ0n) is 9.45. The van der Waals surface area contributed by atoms with Crippen molar-refractivity contribution in [3.8, 4) is 5.75 Å². The van der Waals surface area contributed by atoms with Gasteiger partial charge in [-0.25, -0.2) is 4.39 Å². The van der Waals surface area contributed by atoms with Crippen molar-refractivity contribution in [1.29, 1.82) is 0 Å². The Morgan fingerprint density at radius 3 is 2.56 bits per heavy atom. The third-order valence-electron chi connectivity index (χ3n) is 2.39. The molecule has 1 aromatic heterocycles. The van der Waals surface area contributed by atoms with E-state index in [-0.39, 0.29) is 17.8 Å². The molecule has 2 rings (SSSR count). The van der Waals surface area contributed by atoms with Crippen molar-refractivity contribution >= 4 is 12.6 Å². The second-order valence-corrected chi connectivity index (χ2v) is 3.70. The molecule has 92 valence electrons. The van der Waals surface area contributed by atoms with Crippen molar-refractivity contribution in [2.24, 2.45) is 0 Å². The van der Waals surface area contributed by atoms with Crippen LogP contribution in [0.2, 0.25) is 0 Å². The van der Waals surface area contributed by atoms with Crippen molar-refractivity contribution in [2.45, 2.75) is 6.61 Å². The molecule has 4 nitrogen and oxygen atoms in total. The van der Waals surface area contributed by atoms with Gasteiger partial charge in [0.2, 0.25) is 0 Å². The monoisotopic (exact) mass is 247 g/mol. The van der Waals surface area contributed by atoms with Gasteiger partial charge in [-0.2, -0.15) is 0 Å². The van der Waals surface area contributed by atoms with Crippen molar-refractivity contribution < 1.29 is 19.2 Å². The summed E-state index contributed by atoms with van der Waals surface area (Å²) >= 11 is 0. The molecule has 0 saturated heterocycles. The van der Waals surface area contributed by atoms with Crippen LogP contribution >= 0.6 is 0 Å². The largest absolute Gasteiger partial charge is 0.492 e. The molecule has 0 radical (unpaired) electrons. The van der Waals surface area contributed by atoms with Crippen LogP contribution in [0, 0.1) is 5.82 Å². The second kappa shape index (κ2) is 5.62. The van der Waals surface area contributed by atoms with Gasteiger partial charge in [0.15, 0.2) is 0 Å². The third kappa shape index (κ3) is 3.06. The fourth-order valence-electron chi connectivity index (χ4n) is 1.49. The maximum absolute atomic E-state index is 13.0. The lowest BCUT2D eigenvalue weighted by molar-refractivity contribution is 0.306. The van der Waals surface area contributed by atoms with Gasteiger partial charge in [0, 0.05) is 17.9 Å². The Kier molecular flexibility index (Phi) is 3.91. The first-order valence-corrected chi connectivity index (χ1v) is 5.34. The van der Waals surface area contributed by atoms with Gasteiger partial charge in [-0.3, -0.25) is 4.98 Å². The normalized spacial score (nSPS) is 10.2. The summed E-state index contributed by atoms with van der Waals surface area (Å²) in [6.07, 6.45) is 3.26. The lowest BCUT2D eigenvalue weighted by Crippen LogP contribution is -2.31. The number of pyridine rings is 1. The summed E-state index contributed by atoms with van der Waals surface area (Å²) in [5, 5.41) is 18.3. The van der Waals surface area contributed by atoms with Gasteiger partial charge in [0.05, 0.1) is 0 Å². The first-order chi connectivity index (χ1) is 8.66. The Hall–Kier alpha value is -1.92. The zero-order valence-corrected chi connectivity index (χ0v) is 9.45. The highest BCUT2D eigenvalue weighted by Gasteiger charge is 2.18. The molecule has 0 aliphatic heterocycles. The Balaban J connectivity index is 2.14. The molecule has 0 amide bonds. The molecule has 0 atom stereocenters. The van der Waals surface area contributed by atoms with E-state index in [4.69, 9.17) is 14.8 Å². The lowest BCUT2D eigenvalue weighted by Gasteiger charge is -2.11. The summed E-state index contributed by atoms with van der Waals surface area (Å²) in [7, 11) is -1.77. The van der Waals surface area contributed by atoms with E-state index >= 15 is 0 Å². The average molecular weight is 247 g/mol. The van der Waals surface area contributed by atoms with E-state index in [9.17, 15) is 4.39 Å². The maximum Gasteiger partial charge on any atom is 0.492 e. The van der Waals surface area contributed by atoms with Crippen LogP contribution in [-0.4, -0.2) is 22.2 Å². The fraction of sp³-hybridized carbons (Fsp3) is 0.0833. The van der Waals surface area contributed by atoms with Gasteiger partial charge in [-0.05, 0) is 35.9 Å². The number of rotatable bonds is 4. The highest BCUT2D eigenvalue weighted by Crippen LogP contribution is 2.12. The molecule has 0 unspecified atom stereocenters. The Morgan fingerprint density at radius 2 is 1.89 bits per heavy atom. The summed E-state index contributed by atoms with van der Waals surface area (Å²) in [4.78, 5) is 3.87. The van der Waals surface area contributed by atoms with Gasteiger partial charge < -0.3 is 14.8 Å². The number of hydrogen-bond donors (Lipinski definition) is 2. The zero-order chi connectivity index (χ0) is 13.0. The van der Waals surface area contributed by atoms with Crippen LogP contribution in [0.1, 0.15) is 5.56 Å². The van der Waals surface area contributed by atoms with Crippen molar-refractivity contribution in [2.75, 3.05) is 0 Å². The third-order valence-corrected chi connectivity index (χ3v) is 2.39. The van der Waals surface area contributed by atoms with E-state index in [2.05, 4.69) is 4.98 Å². The summed E-state index contributed by atoms with van der Waals surface area (Å²) in [6, 6.07) is 7.16. The van der Waals surface area contributed by atoms with Crippen LogP contribution in [0.15, 0.2) is 42.7 Å². The van der Waals surface area contributed by atoms with Crippen LogP contribution in [0.3, 0.4) is 0 Å². The molecular weight excluding hydrogens is 236 g/mol. The summed E-state index contributed by atoms with van der Waals surface area (Å²) in [5.41, 5.74) is 0.886. The molecule has 1 aromatic carbocycles. The number of nitrogens with zero attached hydrogens (tertiary/aromatic N) is 1. The molecule has 0 fully saturated rings. The lowest BCUT2D eigenvalue weighted by atomic mass is 9.79.